The molecule has 0 aliphatic heterocycles. The van der Waals surface area contributed by atoms with Crippen LogP contribution in [0.25, 0.3) is 11.1 Å². The highest BCUT2D eigenvalue weighted by Gasteiger charge is 2.35. The molecule has 8 heteroatoms. The van der Waals surface area contributed by atoms with E-state index >= 15 is 0 Å². The van der Waals surface area contributed by atoms with E-state index in [1.165, 1.54) is 12.1 Å². The Labute approximate surface area is 127 Å². The van der Waals surface area contributed by atoms with Gasteiger partial charge in [-0.3, -0.25) is 5.43 Å². The molecule has 3 rings (SSSR count). The van der Waals surface area contributed by atoms with Gasteiger partial charge in [0.1, 0.15) is 5.71 Å². The minimum atomic E-state index is -1.90. The van der Waals surface area contributed by atoms with Crippen molar-refractivity contribution in [3.8, 4) is 11.1 Å². The fraction of sp³-hybridized carbons (Fsp3) is 0. The molecule has 22 heavy (non-hydrogen) atoms. The Balaban J connectivity index is 2.39. The molecule has 3 N–H and O–H groups in total. The van der Waals surface area contributed by atoms with Crippen LogP contribution in [0.5, 0.6) is 0 Å². The largest absolute Gasteiger partial charge is 0.375 e. The molecule has 1 aliphatic carbocycles. The van der Waals surface area contributed by atoms with Crippen LogP contribution in [0.4, 0.5) is 17.6 Å². The van der Waals surface area contributed by atoms with Crippen molar-refractivity contribution in [3.63, 3.8) is 0 Å². The molecule has 2 aromatic carbocycles. The number of rotatable bonds is 1. The Morgan fingerprint density at radius 2 is 1.45 bits per heavy atom. The molecule has 112 valence electrons. The number of fused-ring (bicyclic) bond motifs is 3. The van der Waals surface area contributed by atoms with E-state index < -0.39 is 28.8 Å². The van der Waals surface area contributed by atoms with E-state index in [-0.39, 0.29) is 22.0 Å². The highest BCUT2D eigenvalue weighted by Crippen LogP contribution is 2.41. The minimum Gasteiger partial charge on any atom is -0.375 e. The fourth-order valence-corrected chi connectivity index (χ4v) is 2.42. The van der Waals surface area contributed by atoms with E-state index in [1.807, 2.05) is 0 Å². The van der Waals surface area contributed by atoms with E-state index in [0.717, 1.165) is 0 Å². The summed E-state index contributed by atoms with van der Waals surface area (Å²) >= 11 is 4.59. The number of hydrazone groups is 1. The average Bonchev–Trinajstić information content (AvgIpc) is 2.83. The zero-order valence-electron chi connectivity index (χ0n) is 10.8. The van der Waals surface area contributed by atoms with Crippen LogP contribution in [-0.4, -0.2) is 10.8 Å². The van der Waals surface area contributed by atoms with Crippen LogP contribution in [0.15, 0.2) is 29.4 Å². The Morgan fingerprint density at radius 3 is 2.05 bits per heavy atom. The smallest absolute Gasteiger partial charge is 0.198 e. The van der Waals surface area contributed by atoms with Gasteiger partial charge in [0.15, 0.2) is 28.4 Å². The molecule has 0 radical (unpaired) electrons. The van der Waals surface area contributed by atoms with E-state index in [2.05, 4.69) is 22.7 Å². The van der Waals surface area contributed by atoms with Gasteiger partial charge in [0.2, 0.25) is 0 Å². The van der Waals surface area contributed by atoms with Crippen molar-refractivity contribution in [2.24, 2.45) is 10.8 Å². The molecule has 0 fully saturated rings. The van der Waals surface area contributed by atoms with Gasteiger partial charge < -0.3 is 5.73 Å². The molecule has 0 spiro atoms. The lowest BCUT2D eigenvalue weighted by atomic mass is 10.0. The maximum atomic E-state index is 14.1. The molecule has 0 saturated carbocycles. The van der Waals surface area contributed by atoms with Crippen molar-refractivity contribution in [1.29, 1.82) is 0 Å². The summed E-state index contributed by atoms with van der Waals surface area (Å²) in [5.74, 6) is -6.75. The van der Waals surface area contributed by atoms with Gasteiger partial charge in [0.05, 0.1) is 5.56 Å². The van der Waals surface area contributed by atoms with Crippen LogP contribution in [0.3, 0.4) is 0 Å². The summed E-state index contributed by atoms with van der Waals surface area (Å²) < 4.78 is 55.2. The zero-order valence-corrected chi connectivity index (χ0v) is 11.6. The summed E-state index contributed by atoms with van der Waals surface area (Å²) in [6, 6.07) is 6.14. The van der Waals surface area contributed by atoms with E-state index in [0.29, 0.717) is 5.56 Å². The second-order valence-corrected chi connectivity index (χ2v) is 4.93. The Kier molecular flexibility index (Phi) is 3.32. The normalized spacial score (nSPS) is 13.9. The molecule has 1 aliphatic rings. The maximum Gasteiger partial charge on any atom is 0.198 e. The van der Waals surface area contributed by atoms with Gasteiger partial charge in [0.25, 0.3) is 0 Å². The van der Waals surface area contributed by atoms with Crippen LogP contribution in [0, 0.1) is 23.3 Å². The van der Waals surface area contributed by atoms with Gasteiger partial charge >= 0.3 is 0 Å². The van der Waals surface area contributed by atoms with Crippen LogP contribution in [0.2, 0.25) is 0 Å². The maximum absolute atomic E-state index is 14.1. The second kappa shape index (κ2) is 5.06. The Hall–Kier alpha value is -2.48. The molecular weight excluding hydrogens is 318 g/mol. The third kappa shape index (κ3) is 1.95. The summed E-state index contributed by atoms with van der Waals surface area (Å²) in [5.41, 5.74) is 7.05. The van der Waals surface area contributed by atoms with Crippen molar-refractivity contribution in [1.82, 2.24) is 5.43 Å². The third-order valence-corrected chi connectivity index (χ3v) is 3.32. The van der Waals surface area contributed by atoms with Gasteiger partial charge in [-0.1, -0.05) is 24.3 Å². The number of hydrogen-bond donors (Lipinski definition) is 2. The third-order valence-electron chi connectivity index (χ3n) is 3.23. The molecule has 0 aromatic heterocycles. The molecule has 0 bridgehead atoms. The summed E-state index contributed by atoms with van der Waals surface area (Å²) in [4.78, 5) is 0. The molecule has 0 amide bonds. The Morgan fingerprint density at radius 1 is 0.909 bits per heavy atom. The average molecular weight is 325 g/mol. The number of nitrogens with one attached hydrogen (secondary N) is 1. The standard InChI is InChI=1S/C14H7F4N3S/c15-9-7-5-3-1-2-4-6(5)13(20-21-14(19)22)8(7)10(16)12(18)11(9)17/h1-4H,(H3,19,21,22)/b20-13-. The van der Waals surface area contributed by atoms with Crippen molar-refractivity contribution in [3.05, 3.63) is 58.7 Å². The predicted octanol–water partition coefficient (Wildman–Crippen LogP) is 2.81. The van der Waals surface area contributed by atoms with E-state index in [9.17, 15) is 17.6 Å². The van der Waals surface area contributed by atoms with Crippen molar-refractivity contribution < 1.29 is 17.6 Å². The van der Waals surface area contributed by atoms with Gasteiger partial charge in [-0.2, -0.15) is 5.10 Å². The first-order chi connectivity index (χ1) is 10.4. The first-order valence-corrected chi connectivity index (χ1v) is 6.43. The minimum absolute atomic E-state index is 0.103. The van der Waals surface area contributed by atoms with Gasteiger partial charge in [-0.15, -0.1) is 0 Å². The predicted molar refractivity (Wildman–Crippen MR) is 77.3 cm³/mol. The lowest BCUT2D eigenvalue weighted by molar-refractivity contribution is 0.410. The number of hydrogen-bond acceptors (Lipinski definition) is 2. The zero-order chi connectivity index (χ0) is 16.0. The molecule has 0 saturated heterocycles. The number of benzene rings is 2. The first kappa shape index (κ1) is 14.5. The van der Waals surface area contributed by atoms with Crippen LogP contribution in [-0.2, 0) is 0 Å². The van der Waals surface area contributed by atoms with E-state index in [1.54, 1.807) is 12.1 Å². The van der Waals surface area contributed by atoms with Crippen molar-refractivity contribution >= 4 is 23.0 Å². The second-order valence-electron chi connectivity index (χ2n) is 4.49. The van der Waals surface area contributed by atoms with Crippen LogP contribution < -0.4 is 11.2 Å². The number of nitrogens with zero attached hydrogens (tertiary/aromatic N) is 1. The number of nitrogens with two attached hydrogens (primary N) is 1. The highest BCUT2D eigenvalue weighted by atomic mass is 32.1. The number of thiocarbonyl (C=S) groups is 1. The van der Waals surface area contributed by atoms with E-state index in [4.69, 9.17) is 5.73 Å². The molecular formula is C14H7F4N3S. The topological polar surface area (TPSA) is 50.4 Å². The molecule has 2 aromatic rings. The lowest BCUT2D eigenvalue weighted by Crippen LogP contribution is -2.25. The summed E-state index contributed by atoms with van der Waals surface area (Å²) in [7, 11) is 0. The summed E-state index contributed by atoms with van der Waals surface area (Å²) in [5, 5.41) is 3.58. The highest BCUT2D eigenvalue weighted by molar-refractivity contribution is 7.80. The van der Waals surface area contributed by atoms with Gasteiger partial charge in [-0.25, -0.2) is 17.6 Å². The number of halogens is 4. The molecule has 0 atom stereocenters. The summed E-state index contributed by atoms with van der Waals surface area (Å²) in [6.45, 7) is 0. The van der Waals surface area contributed by atoms with Crippen molar-refractivity contribution in [2.75, 3.05) is 0 Å². The summed E-state index contributed by atoms with van der Waals surface area (Å²) in [6.07, 6.45) is 0. The Bertz CT molecular complexity index is 848. The van der Waals surface area contributed by atoms with Gasteiger partial charge in [-0.05, 0) is 17.8 Å². The SMILES string of the molecule is NC(=S)N/N=C1/c2ccccc2-c2c(F)c(F)c(F)c(F)c21. The lowest BCUT2D eigenvalue weighted by Gasteiger charge is -2.07. The molecule has 0 heterocycles. The first-order valence-electron chi connectivity index (χ1n) is 6.02. The fourth-order valence-electron chi connectivity index (χ4n) is 2.38. The molecule has 3 nitrogen and oxygen atoms in total. The van der Waals surface area contributed by atoms with Crippen LogP contribution >= 0.6 is 12.2 Å². The van der Waals surface area contributed by atoms with Crippen LogP contribution in [0.1, 0.15) is 11.1 Å². The van der Waals surface area contributed by atoms with Gasteiger partial charge in [0, 0.05) is 11.1 Å². The monoisotopic (exact) mass is 325 g/mol. The molecule has 0 unspecified atom stereocenters. The van der Waals surface area contributed by atoms with Crippen molar-refractivity contribution in [2.45, 2.75) is 0 Å². The quantitative estimate of drug-likeness (QED) is 0.238.